The fourth-order valence-corrected chi connectivity index (χ4v) is 2.48. The number of likely N-dealkylation sites (N-methyl/N-ethyl adjacent to an activating group) is 1. The van der Waals surface area contributed by atoms with Crippen molar-refractivity contribution in [3.63, 3.8) is 0 Å². The summed E-state index contributed by atoms with van der Waals surface area (Å²) in [5.41, 5.74) is 1.32. The van der Waals surface area contributed by atoms with Crippen molar-refractivity contribution in [2.24, 2.45) is 0 Å². The van der Waals surface area contributed by atoms with Gasteiger partial charge in [0.15, 0.2) is 0 Å². The fourth-order valence-electron chi connectivity index (χ4n) is 2.48. The number of hydrogen-bond acceptors (Lipinski definition) is 3. The smallest absolute Gasteiger partial charge is 0.254 e. The molecule has 0 aliphatic heterocycles. The molecule has 0 aromatic heterocycles. The van der Waals surface area contributed by atoms with Crippen LogP contribution in [-0.2, 0) is 11.2 Å². The first-order valence-corrected chi connectivity index (χ1v) is 7.95. The van der Waals surface area contributed by atoms with Crippen LogP contribution in [0.1, 0.15) is 15.9 Å². The van der Waals surface area contributed by atoms with Crippen molar-refractivity contribution in [2.75, 3.05) is 26.5 Å². The van der Waals surface area contributed by atoms with Crippen molar-refractivity contribution in [3.8, 4) is 0 Å². The summed E-state index contributed by atoms with van der Waals surface area (Å²) in [4.78, 5) is 26.2. The highest BCUT2D eigenvalue weighted by Crippen LogP contribution is 2.16. The van der Waals surface area contributed by atoms with Gasteiger partial charge in [0, 0.05) is 12.7 Å². The lowest BCUT2D eigenvalue weighted by Crippen LogP contribution is -2.41. The SMILES string of the molecule is CNC(=O)c1cc(NC(=O)[C@@H](Cc2ccccc2)N(C)C)ccc1F. The van der Waals surface area contributed by atoms with Crippen LogP contribution in [0.3, 0.4) is 0 Å². The average molecular weight is 343 g/mol. The number of benzene rings is 2. The predicted octanol–water partition coefficient (Wildman–Crippen LogP) is 2.30. The lowest BCUT2D eigenvalue weighted by Gasteiger charge is -2.23. The molecule has 2 aromatic rings. The van der Waals surface area contributed by atoms with E-state index in [4.69, 9.17) is 0 Å². The summed E-state index contributed by atoms with van der Waals surface area (Å²) < 4.78 is 13.7. The Morgan fingerprint density at radius 2 is 1.80 bits per heavy atom. The fraction of sp³-hybridized carbons (Fsp3) is 0.263. The summed E-state index contributed by atoms with van der Waals surface area (Å²) in [6.45, 7) is 0. The zero-order valence-corrected chi connectivity index (χ0v) is 14.5. The first-order valence-electron chi connectivity index (χ1n) is 7.95. The molecule has 0 saturated carbocycles. The Hall–Kier alpha value is -2.73. The van der Waals surface area contributed by atoms with Gasteiger partial charge < -0.3 is 10.6 Å². The molecule has 2 rings (SSSR count). The second kappa shape index (κ2) is 8.39. The standard InChI is InChI=1S/C19H22FN3O2/c1-21-18(24)15-12-14(9-10-16(15)20)22-19(25)17(23(2)3)11-13-7-5-4-6-8-13/h4-10,12,17H,11H2,1-3H3,(H,21,24)(H,22,25)/t17-/m1/s1. The van der Waals surface area contributed by atoms with Crippen LogP contribution in [0, 0.1) is 5.82 Å². The average Bonchev–Trinajstić information content (AvgIpc) is 2.61. The molecule has 0 aliphatic carbocycles. The molecule has 132 valence electrons. The van der Waals surface area contributed by atoms with Crippen LogP contribution in [0.25, 0.3) is 0 Å². The molecule has 2 aromatic carbocycles. The number of carbonyl (C=O) groups is 2. The van der Waals surface area contributed by atoms with Crippen molar-refractivity contribution in [1.82, 2.24) is 10.2 Å². The van der Waals surface area contributed by atoms with Crippen molar-refractivity contribution in [3.05, 3.63) is 65.5 Å². The number of nitrogens with zero attached hydrogens (tertiary/aromatic N) is 1. The molecule has 0 spiro atoms. The highest BCUT2D eigenvalue weighted by atomic mass is 19.1. The van der Waals surface area contributed by atoms with E-state index in [9.17, 15) is 14.0 Å². The Kier molecular flexibility index (Phi) is 6.25. The number of carbonyl (C=O) groups excluding carboxylic acids is 2. The Labute approximate surface area is 146 Å². The van der Waals surface area contributed by atoms with Gasteiger partial charge in [-0.2, -0.15) is 0 Å². The van der Waals surface area contributed by atoms with Gasteiger partial charge in [-0.25, -0.2) is 4.39 Å². The number of rotatable bonds is 6. The molecular weight excluding hydrogens is 321 g/mol. The van der Waals surface area contributed by atoms with E-state index in [-0.39, 0.29) is 11.5 Å². The molecule has 0 bridgehead atoms. The van der Waals surface area contributed by atoms with Crippen molar-refractivity contribution < 1.29 is 14.0 Å². The normalized spacial score (nSPS) is 11.9. The van der Waals surface area contributed by atoms with Gasteiger partial charge in [0.05, 0.1) is 11.6 Å². The molecule has 0 radical (unpaired) electrons. The zero-order valence-electron chi connectivity index (χ0n) is 14.5. The summed E-state index contributed by atoms with van der Waals surface area (Å²) in [5.74, 6) is -1.39. The molecule has 2 N–H and O–H groups in total. The summed E-state index contributed by atoms with van der Waals surface area (Å²) >= 11 is 0. The van der Waals surface area contributed by atoms with Crippen LogP contribution in [-0.4, -0.2) is 43.9 Å². The first-order chi connectivity index (χ1) is 11.9. The van der Waals surface area contributed by atoms with Gasteiger partial charge in [-0.05, 0) is 44.3 Å². The number of amides is 2. The third-order valence-electron chi connectivity index (χ3n) is 3.90. The topological polar surface area (TPSA) is 61.4 Å². The van der Waals surface area contributed by atoms with Gasteiger partial charge in [-0.3, -0.25) is 14.5 Å². The molecule has 0 aliphatic rings. The van der Waals surface area contributed by atoms with Gasteiger partial charge in [0.25, 0.3) is 5.91 Å². The van der Waals surface area contributed by atoms with Crippen molar-refractivity contribution in [2.45, 2.75) is 12.5 Å². The Morgan fingerprint density at radius 3 is 2.40 bits per heavy atom. The zero-order chi connectivity index (χ0) is 18.4. The Morgan fingerprint density at radius 1 is 1.12 bits per heavy atom. The summed E-state index contributed by atoms with van der Waals surface area (Å²) in [5, 5.41) is 5.14. The van der Waals surface area contributed by atoms with Gasteiger partial charge in [-0.1, -0.05) is 30.3 Å². The molecule has 25 heavy (non-hydrogen) atoms. The van der Waals surface area contributed by atoms with Crippen LogP contribution in [0.5, 0.6) is 0 Å². The van der Waals surface area contributed by atoms with Gasteiger partial charge >= 0.3 is 0 Å². The molecule has 6 heteroatoms. The Balaban J connectivity index is 2.17. The maximum atomic E-state index is 13.7. The van der Waals surface area contributed by atoms with Crippen LogP contribution in [0.2, 0.25) is 0 Å². The summed E-state index contributed by atoms with van der Waals surface area (Å²) in [7, 11) is 5.08. The lowest BCUT2D eigenvalue weighted by molar-refractivity contribution is -0.120. The largest absolute Gasteiger partial charge is 0.355 e. The molecular formula is C19H22FN3O2. The monoisotopic (exact) mass is 343 g/mol. The van der Waals surface area contributed by atoms with E-state index >= 15 is 0 Å². The highest BCUT2D eigenvalue weighted by Gasteiger charge is 2.22. The van der Waals surface area contributed by atoms with Crippen molar-refractivity contribution in [1.29, 1.82) is 0 Å². The van der Waals surface area contributed by atoms with E-state index in [1.165, 1.54) is 25.2 Å². The van der Waals surface area contributed by atoms with E-state index in [0.717, 1.165) is 5.56 Å². The van der Waals surface area contributed by atoms with Crippen LogP contribution >= 0.6 is 0 Å². The second-order valence-corrected chi connectivity index (χ2v) is 5.93. The van der Waals surface area contributed by atoms with E-state index in [2.05, 4.69) is 10.6 Å². The predicted molar refractivity (Wildman–Crippen MR) is 96.0 cm³/mol. The van der Waals surface area contributed by atoms with Crippen molar-refractivity contribution >= 4 is 17.5 Å². The molecule has 0 heterocycles. The minimum absolute atomic E-state index is 0.107. The molecule has 5 nitrogen and oxygen atoms in total. The van der Waals surface area contributed by atoms with E-state index in [0.29, 0.717) is 12.1 Å². The first kappa shape index (κ1) is 18.6. The molecule has 0 saturated heterocycles. The van der Waals surface area contributed by atoms with Crippen LogP contribution in [0.4, 0.5) is 10.1 Å². The van der Waals surface area contributed by atoms with Crippen LogP contribution < -0.4 is 10.6 Å². The third-order valence-corrected chi connectivity index (χ3v) is 3.90. The molecule has 1 atom stereocenters. The minimum atomic E-state index is -0.634. The second-order valence-electron chi connectivity index (χ2n) is 5.93. The number of anilines is 1. The highest BCUT2D eigenvalue weighted by molar-refractivity contribution is 5.98. The number of hydrogen-bond donors (Lipinski definition) is 2. The van der Waals surface area contributed by atoms with Gasteiger partial charge in [0.1, 0.15) is 5.82 Å². The van der Waals surface area contributed by atoms with Crippen LogP contribution in [0.15, 0.2) is 48.5 Å². The molecule has 0 fully saturated rings. The quantitative estimate of drug-likeness (QED) is 0.846. The van der Waals surface area contributed by atoms with E-state index < -0.39 is 17.8 Å². The summed E-state index contributed by atoms with van der Waals surface area (Å²) in [6.07, 6.45) is 0.545. The number of nitrogens with one attached hydrogen (secondary N) is 2. The third kappa shape index (κ3) is 4.87. The van der Waals surface area contributed by atoms with Gasteiger partial charge in [-0.15, -0.1) is 0 Å². The Bertz CT molecular complexity index is 748. The number of halogens is 1. The van der Waals surface area contributed by atoms with E-state index in [1.54, 1.807) is 0 Å². The van der Waals surface area contributed by atoms with E-state index in [1.807, 2.05) is 49.3 Å². The van der Waals surface area contributed by atoms with Gasteiger partial charge in [0.2, 0.25) is 5.91 Å². The maximum Gasteiger partial charge on any atom is 0.254 e. The summed E-state index contributed by atoms with van der Waals surface area (Å²) in [6, 6.07) is 13.3. The molecule has 0 unspecified atom stereocenters. The minimum Gasteiger partial charge on any atom is -0.355 e. The maximum absolute atomic E-state index is 13.7. The lowest BCUT2D eigenvalue weighted by atomic mass is 10.0. The molecule has 2 amide bonds.